The standard InChI is InChI=1S/C18H17ClN4O/c19-15-9-13(10-20)11-21-18(15)22-16(14-5-2-1-3-6-14)12-23-8-4-7-17(23)24/h1-3,5-6,9,11,16H,4,7-8,12H2,(H,21,22). The molecular weight excluding hydrogens is 324 g/mol. The molecule has 0 bridgehead atoms. The van der Waals surface area contributed by atoms with E-state index in [1.807, 2.05) is 41.3 Å². The Morgan fingerprint density at radius 2 is 2.17 bits per heavy atom. The molecule has 1 unspecified atom stereocenters. The Bertz CT molecular complexity index is 772. The van der Waals surface area contributed by atoms with Crippen molar-refractivity contribution in [3.63, 3.8) is 0 Å². The van der Waals surface area contributed by atoms with Crippen molar-refractivity contribution in [1.82, 2.24) is 9.88 Å². The number of amides is 1. The Hall–Kier alpha value is -2.58. The van der Waals surface area contributed by atoms with E-state index in [1.54, 1.807) is 6.07 Å². The molecule has 1 saturated heterocycles. The van der Waals surface area contributed by atoms with Crippen LogP contribution in [0.1, 0.15) is 30.0 Å². The van der Waals surface area contributed by atoms with E-state index in [0.717, 1.165) is 18.5 Å². The molecule has 1 aromatic heterocycles. The van der Waals surface area contributed by atoms with E-state index in [1.165, 1.54) is 6.20 Å². The number of anilines is 1. The maximum atomic E-state index is 12.0. The van der Waals surface area contributed by atoms with Crippen molar-refractivity contribution in [2.75, 3.05) is 18.4 Å². The molecule has 1 aromatic carbocycles. The van der Waals surface area contributed by atoms with Crippen molar-refractivity contribution in [3.8, 4) is 6.07 Å². The maximum absolute atomic E-state index is 12.0. The minimum absolute atomic E-state index is 0.119. The molecule has 1 aliphatic heterocycles. The maximum Gasteiger partial charge on any atom is 0.222 e. The van der Waals surface area contributed by atoms with Crippen LogP contribution in [0.4, 0.5) is 5.82 Å². The van der Waals surface area contributed by atoms with E-state index >= 15 is 0 Å². The predicted octanol–water partition coefficient (Wildman–Crippen LogP) is 3.38. The van der Waals surface area contributed by atoms with Crippen LogP contribution in [-0.2, 0) is 4.79 Å². The molecule has 6 heteroatoms. The number of aromatic nitrogens is 1. The Balaban J connectivity index is 1.85. The van der Waals surface area contributed by atoms with Gasteiger partial charge in [0.05, 0.1) is 16.6 Å². The average molecular weight is 341 g/mol. The minimum atomic E-state index is -0.119. The minimum Gasteiger partial charge on any atom is -0.360 e. The quantitative estimate of drug-likeness (QED) is 0.905. The average Bonchev–Trinajstić information content (AvgIpc) is 3.01. The lowest BCUT2D eigenvalue weighted by Gasteiger charge is -2.26. The van der Waals surface area contributed by atoms with Crippen LogP contribution in [0.15, 0.2) is 42.6 Å². The molecular formula is C18H17ClN4O. The molecule has 1 amide bonds. The van der Waals surface area contributed by atoms with Gasteiger partial charge in [-0.2, -0.15) is 5.26 Å². The first-order valence-electron chi connectivity index (χ1n) is 7.82. The summed E-state index contributed by atoms with van der Waals surface area (Å²) in [6.07, 6.45) is 2.99. The molecule has 24 heavy (non-hydrogen) atoms. The number of nitriles is 1. The summed E-state index contributed by atoms with van der Waals surface area (Å²) in [5.41, 5.74) is 1.47. The Kier molecular flexibility index (Phi) is 4.97. The van der Waals surface area contributed by atoms with Gasteiger partial charge in [0, 0.05) is 25.7 Å². The Morgan fingerprint density at radius 3 is 2.79 bits per heavy atom. The van der Waals surface area contributed by atoms with Gasteiger partial charge >= 0.3 is 0 Å². The van der Waals surface area contributed by atoms with E-state index in [2.05, 4.69) is 10.3 Å². The third-order valence-corrected chi connectivity index (χ3v) is 4.35. The van der Waals surface area contributed by atoms with Gasteiger partial charge in [-0.25, -0.2) is 4.98 Å². The topological polar surface area (TPSA) is 69.0 Å². The molecule has 0 saturated carbocycles. The van der Waals surface area contributed by atoms with Crippen molar-refractivity contribution < 1.29 is 4.79 Å². The van der Waals surface area contributed by atoms with Crippen molar-refractivity contribution >= 4 is 23.3 Å². The normalized spacial score (nSPS) is 15.2. The number of nitrogens with zero attached hydrogens (tertiary/aromatic N) is 3. The number of hydrogen-bond acceptors (Lipinski definition) is 4. The molecule has 0 aliphatic carbocycles. The first-order valence-corrected chi connectivity index (χ1v) is 8.20. The lowest BCUT2D eigenvalue weighted by molar-refractivity contribution is -0.127. The molecule has 2 aromatic rings. The van der Waals surface area contributed by atoms with E-state index in [4.69, 9.17) is 16.9 Å². The SMILES string of the molecule is N#Cc1cnc(NC(CN2CCCC2=O)c2ccccc2)c(Cl)c1. The molecule has 3 rings (SSSR count). The third-order valence-electron chi connectivity index (χ3n) is 4.06. The lowest BCUT2D eigenvalue weighted by Crippen LogP contribution is -2.32. The van der Waals surface area contributed by atoms with E-state index in [0.29, 0.717) is 29.4 Å². The number of halogens is 1. The second kappa shape index (κ2) is 7.33. The van der Waals surface area contributed by atoms with Crippen molar-refractivity contribution in [2.24, 2.45) is 0 Å². The van der Waals surface area contributed by atoms with Gasteiger partial charge in [0.15, 0.2) is 0 Å². The van der Waals surface area contributed by atoms with Crippen molar-refractivity contribution in [3.05, 3.63) is 58.7 Å². The van der Waals surface area contributed by atoms with Gasteiger partial charge in [0.2, 0.25) is 5.91 Å². The number of hydrogen-bond donors (Lipinski definition) is 1. The summed E-state index contributed by atoms with van der Waals surface area (Å²) >= 11 is 6.23. The first kappa shape index (κ1) is 16.3. The molecule has 122 valence electrons. The highest BCUT2D eigenvalue weighted by Gasteiger charge is 2.25. The van der Waals surface area contributed by atoms with Crippen LogP contribution in [0.25, 0.3) is 0 Å². The largest absolute Gasteiger partial charge is 0.360 e. The zero-order valence-electron chi connectivity index (χ0n) is 13.1. The number of likely N-dealkylation sites (tertiary alicyclic amines) is 1. The molecule has 0 spiro atoms. The van der Waals surface area contributed by atoms with E-state index in [-0.39, 0.29) is 11.9 Å². The molecule has 2 heterocycles. The summed E-state index contributed by atoms with van der Waals surface area (Å²) < 4.78 is 0. The second-order valence-electron chi connectivity index (χ2n) is 5.72. The summed E-state index contributed by atoms with van der Waals surface area (Å²) in [6, 6.07) is 13.4. The van der Waals surface area contributed by atoms with Gasteiger partial charge in [-0.05, 0) is 18.1 Å². The molecule has 1 aliphatic rings. The smallest absolute Gasteiger partial charge is 0.222 e. The van der Waals surface area contributed by atoms with Crippen LogP contribution in [0.3, 0.4) is 0 Å². The Labute approximate surface area is 145 Å². The monoisotopic (exact) mass is 340 g/mol. The first-order chi connectivity index (χ1) is 11.7. The van der Waals surface area contributed by atoms with Crippen LogP contribution < -0.4 is 5.32 Å². The number of benzene rings is 1. The van der Waals surface area contributed by atoms with Gasteiger partial charge < -0.3 is 10.2 Å². The summed E-state index contributed by atoms with van der Waals surface area (Å²) in [6.45, 7) is 1.33. The molecule has 1 atom stereocenters. The highest BCUT2D eigenvalue weighted by molar-refractivity contribution is 6.33. The zero-order chi connectivity index (χ0) is 16.9. The fourth-order valence-corrected chi connectivity index (χ4v) is 3.03. The van der Waals surface area contributed by atoms with Crippen LogP contribution in [0.2, 0.25) is 5.02 Å². The number of pyridine rings is 1. The highest BCUT2D eigenvalue weighted by atomic mass is 35.5. The van der Waals surface area contributed by atoms with Crippen molar-refractivity contribution in [1.29, 1.82) is 5.26 Å². The second-order valence-corrected chi connectivity index (χ2v) is 6.12. The highest BCUT2D eigenvalue weighted by Crippen LogP contribution is 2.26. The summed E-state index contributed by atoms with van der Waals surface area (Å²) in [4.78, 5) is 18.1. The van der Waals surface area contributed by atoms with Crippen LogP contribution in [-0.4, -0.2) is 28.9 Å². The van der Waals surface area contributed by atoms with Crippen molar-refractivity contribution in [2.45, 2.75) is 18.9 Å². The fraction of sp³-hybridized carbons (Fsp3) is 0.278. The summed E-state index contributed by atoms with van der Waals surface area (Å²) in [5, 5.41) is 12.6. The van der Waals surface area contributed by atoms with Gasteiger partial charge in [0.1, 0.15) is 11.9 Å². The number of nitrogens with one attached hydrogen (secondary N) is 1. The third kappa shape index (κ3) is 3.66. The number of rotatable bonds is 5. The van der Waals surface area contributed by atoms with Gasteiger partial charge in [-0.1, -0.05) is 41.9 Å². The molecule has 5 nitrogen and oxygen atoms in total. The van der Waals surface area contributed by atoms with E-state index < -0.39 is 0 Å². The van der Waals surface area contributed by atoms with Gasteiger partial charge in [-0.15, -0.1) is 0 Å². The number of carbonyl (C=O) groups excluding carboxylic acids is 1. The zero-order valence-corrected chi connectivity index (χ0v) is 13.8. The fourth-order valence-electron chi connectivity index (χ4n) is 2.81. The number of carbonyl (C=O) groups is 1. The molecule has 0 radical (unpaired) electrons. The van der Waals surface area contributed by atoms with Gasteiger partial charge in [0.25, 0.3) is 0 Å². The van der Waals surface area contributed by atoms with Crippen LogP contribution in [0, 0.1) is 11.3 Å². The summed E-state index contributed by atoms with van der Waals surface area (Å²) in [7, 11) is 0. The lowest BCUT2D eigenvalue weighted by atomic mass is 10.1. The van der Waals surface area contributed by atoms with Gasteiger partial charge in [-0.3, -0.25) is 4.79 Å². The van der Waals surface area contributed by atoms with Crippen LogP contribution >= 0.6 is 11.6 Å². The Morgan fingerprint density at radius 1 is 1.38 bits per heavy atom. The van der Waals surface area contributed by atoms with E-state index in [9.17, 15) is 4.79 Å². The summed E-state index contributed by atoms with van der Waals surface area (Å²) in [5.74, 6) is 0.688. The van der Waals surface area contributed by atoms with Crippen LogP contribution in [0.5, 0.6) is 0 Å². The molecule has 1 N–H and O–H groups in total. The molecule has 1 fully saturated rings. The predicted molar refractivity (Wildman–Crippen MR) is 92.6 cm³/mol.